The first-order chi connectivity index (χ1) is 25.2. The Morgan fingerprint density at radius 1 is 0.353 bits per heavy atom. The predicted molar refractivity (Wildman–Crippen MR) is 209 cm³/mol. The van der Waals surface area contributed by atoms with Crippen LogP contribution in [0.1, 0.15) is 0 Å². The van der Waals surface area contributed by atoms with Crippen molar-refractivity contribution in [3.05, 3.63) is 152 Å². The largest absolute Gasteiger partial charge is 0.456 e. The van der Waals surface area contributed by atoms with Gasteiger partial charge in [0.05, 0.1) is 0 Å². The zero-order valence-electron chi connectivity index (χ0n) is 27.0. The van der Waals surface area contributed by atoms with E-state index in [1.807, 2.05) is 84.1 Å². The van der Waals surface area contributed by atoms with Crippen molar-refractivity contribution in [1.82, 2.24) is 15.0 Å². The Morgan fingerprint density at radius 3 is 1.57 bits per heavy atom. The molecule has 0 saturated heterocycles. The van der Waals surface area contributed by atoms with Crippen molar-refractivity contribution < 1.29 is 8.83 Å². The fraction of sp³-hybridized carbons (Fsp3) is 0. The van der Waals surface area contributed by atoms with Crippen molar-refractivity contribution in [2.45, 2.75) is 0 Å². The van der Waals surface area contributed by atoms with Crippen LogP contribution in [-0.2, 0) is 0 Å². The molecule has 51 heavy (non-hydrogen) atoms. The quantitative estimate of drug-likeness (QED) is 0.186. The Kier molecular flexibility index (Phi) is 6.05. The summed E-state index contributed by atoms with van der Waals surface area (Å²) in [5.74, 6) is 1.81. The number of hydrogen-bond acceptors (Lipinski definition) is 6. The molecule has 6 heteroatoms. The third-order valence-electron chi connectivity index (χ3n) is 9.75. The molecule has 0 N–H and O–H groups in total. The summed E-state index contributed by atoms with van der Waals surface area (Å²) in [6.07, 6.45) is 0. The van der Waals surface area contributed by atoms with Crippen LogP contribution in [0.5, 0.6) is 0 Å². The lowest BCUT2D eigenvalue weighted by Gasteiger charge is -2.09. The molecular formula is C45H25N3O2S. The van der Waals surface area contributed by atoms with Crippen LogP contribution < -0.4 is 0 Å². The minimum absolute atomic E-state index is 0.596. The summed E-state index contributed by atoms with van der Waals surface area (Å²) in [6, 6.07) is 52.2. The average Bonchev–Trinajstić information content (AvgIpc) is 3.88. The number of furan rings is 2. The molecule has 4 aromatic heterocycles. The van der Waals surface area contributed by atoms with Crippen LogP contribution >= 0.6 is 11.3 Å². The van der Waals surface area contributed by atoms with Crippen LogP contribution in [0.25, 0.3) is 109 Å². The Morgan fingerprint density at radius 2 is 0.863 bits per heavy atom. The van der Waals surface area contributed by atoms with E-state index in [4.69, 9.17) is 23.8 Å². The average molecular weight is 672 g/mol. The van der Waals surface area contributed by atoms with Gasteiger partial charge in [-0.1, -0.05) is 91.0 Å². The second-order valence-electron chi connectivity index (χ2n) is 12.8. The molecule has 4 heterocycles. The highest BCUT2D eigenvalue weighted by atomic mass is 32.1. The second-order valence-corrected chi connectivity index (χ2v) is 13.8. The van der Waals surface area contributed by atoms with Crippen molar-refractivity contribution in [3.63, 3.8) is 0 Å². The number of aromatic nitrogens is 3. The van der Waals surface area contributed by atoms with E-state index in [0.29, 0.717) is 17.5 Å². The number of thiophene rings is 1. The summed E-state index contributed by atoms with van der Waals surface area (Å²) in [5, 5.41) is 6.74. The zero-order valence-corrected chi connectivity index (χ0v) is 27.8. The van der Waals surface area contributed by atoms with Gasteiger partial charge in [-0.3, -0.25) is 0 Å². The van der Waals surface area contributed by atoms with E-state index in [1.54, 1.807) is 0 Å². The summed E-state index contributed by atoms with van der Waals surface area (Å²) in [6.45, 7) is 0. The van der Waals surface area contributed by atoms with E-state index in [0.717, 1.165) is 66.1 Å². The summed E-state index contributed by atoms with van der Waals surface area (Å²) in [5.41, 5.74) is 8.43. The molecule has 5 nitrogen and oxygen atoms in total. The van der Waals surface area contributed by atoms with Gasteiger partial charge in [-0.15, -0.1) is 11.3 Å². The van der Waals surface area contributed by atoms with Gasteiger partial charge in [0.1, 0.15) is 22.3 Å². The normalized spacial score (nSPS) is 11.9. The first-order valence-corrected chi connectivity index (χ1v) is 17.7. The highest BCUT2D eigenvalue weighted by Crippen LogP contribution is 2.42. The minimum Gasteiger partial charge on any atom is -0.456 e. The van der Waals surface area contributed by atoms with Gasteiger partial charge in [0.2, 0.25) is 0 Å². The van der Waals surface area contributed by atoms with Crippen molar-refractivity contribution in [3.8, 4) is 45.3 Å². The van der Waals surface area contributed by atoms with E-state index >= 15 is 0 Å². The molecule has 0 amide bonds. The van der Waals surface area contributed by atoms with E-state index in [-0.39, 0.29) is 0 Å². The molecule has 0 fully saturated rings. The van der Waals surface area contributed by atoms with Crippen molar-refractivity contribution in [2.75, 3.05) is 0 Å². The molecule has 0 atom stereocenters. The molecule has 0 unspecified atom stereocenters. The van der Waals surface area contributed by atoms with Gasteiger partial charge in [-0.2, -0.15) is 0 Å². The highest BCUT2D eigenvalue weighted by molar-refractivity contribution is 7.26. The monoisotopic (exact) mass is 671 g/mol. The summed E-state index contributed by atoms with van der Waals surface area (Å²) in [7, 11) is 0. The SMILES string of the molecule is c1ccc(-c2nc(-c3ccc4oc5ccccc5c4c3)nc(-c3ccc4oc5ccc(-c6cccc7c6sc6ccccc67)cc5c4c3)n2)cc1. The van der Waals surface area contributed by atoms with Gasteiger partial charge in [0.15, 0.2) is 17.5 Å². The van der Waals surface area contributed by atoms with Crippen molar-refractivity contribution in [2.24, 2.45) is 0 Å². The van der Waals surface area contributed by atoms with Gasteiger partial charge < -0.3 is 8.83 Å². The predicted octanol–water partition coefficient (Wildman–Crippen LogP) is 12.7. The summed E-state index contributed by atoms with van der Waals surface area (Å²) in [4.78, 5) is 15.1. The van der Waals surface area contributed by atoms with Crippen molar-refractivity contribution >= 4 is 75.4 Å². The van der Waals surface area contributed by atoms with Gasteiger partial charge in [0, 0.05) is 58.4 Å². The second kappa shape index (κ2) is 10.9. The summed E-state index contributed by atoms with van der Waals surface area (Å²) >= 11 is 1.84. The van der Waals surface area contributed by atoms with Gasteiger partial charge in [-0.05, 0) is 71.8 Å². The topological polar surface area (TPSA) is 65.0 Å². The highest BCUT2D eigenvalue weighted by Gasteiger charge is 2.17. The van der Waals surface area contributed by atoms with Gasteiger partial charge in [-0.25, -0.2) is 15.0 Å². The molecule has 238 valence electrons. The smallest absolute Gasteiger partial charge is 0.164 e. The van der Waals surface area contributed by atoms with Crippen LogP contribution in [0.4, 0.5) is 0 Å². The van der Waals surface area contributed by atoms with E-state index in [9.17, 15) is 0 Å². The Hall–Kier alpha value is -6.63. The molecule has 0 radical (unpaired) electrons. The molecule has 7 aromatic carbocycles. The first-order valence-electron chi connectivity index (χ1n) is 16.8. The lowest BCUT2D eigenvalue weighted by atomic mass is 10.00. The molecule has 0 aliphatic rings. The number of nitrogens with zero attached hydrogens (tertiary/aromatic N) is 3. The van der Waals surface area contributed by atoms with Crippen LogP contribution in [0, 0.1) is 0 Å². The summed E-state index contributed by atoms with van der Waals surface area (Å²) < 4.78 is 15.1. The van der Waals surface area contributed by atoms with Crippen LogP contribution in [0.15, 0.2) is 160 Å². The number of fused-ring (bicyclic) bond motifs is 9. The molecule has 0 aliphatic carbocycles. The van der Waals surface area contributed by atoms with Gasteiger partial charge >= 0.3 is 0 Å². The maximum atomic E-state index is 6.36. The molecule has 0 aliphatic heterocycles. The molecule has 0 spiro atoms. The maximum Gasteiger partial charge on any atom is 0.164 e. The van der Waals surface area contributed by atoms with Crippen LogP contribution in [0.2, 0.25) is 0 Å². The van der Waals surface area contributed by atoms with Crippen molar-refractivity contribution in [1.29, 1.82) is 0 Å². The van der Waals surface area contributed by atoms with Crippen LogP contribution in [-0.4, -0.2) is 15.0 Å². The lowest BCUT2D eigenvalue weighted by molar-refractivity contribution is 0.668. The standard InChI is InChI=1S/C45H25N3O2S/c1-2-9-26(10-3-1)43-46-44(28-18-21-38-34(24-28)31-11-4-6-15-37(31)49-38)48-45(47-43)29-19-22-40-36(25-29)35-23-27(17-20-39(35)50-40)30-13-8-14-33-32-12-5-7-16-41(32)51-42(30)33/h1-25H. The molecular weight excluding hydrogens is 647 g/mol. The van der Waals surface area contributed by atoms with E-state index in [2.05, 4.69) is 78.9 Å². The number of para-hydroxylation sites is 1. The maximum absolute atomic E-state index is 6.36. The number of rotatable bonds is 4. The zero-order chi connectivity index (χ0) is 33.5. The molecule has 11 rings (SSSR count). The first kappa shape index (κ1) is 28.2. The molecule has 0 saturated carbocycles. The van der Waals surface area contributed by atoms with Gasteiger partial charge in [0.25, 0.3) is 0 Å². The Labute approximate surface area is 295 Å². The Balaban J connectivity index is 1.08. The molecule has 0 bridgehead atoms. The minimum atomic E-state index is 0.596. The third-order valence-corrected chi connectivity index (χ3v) is 11.0. The van der Waals surface area contributed by atoms with E-state index < -0.39 is 0 Å². The Bertz CT molecular complexity index is 3160. The van der Waals surface area contributed by atoms with Crippen LogP contribution in [0.3, 0.4) is 0 Å². The number of benzene rings is 7. The van der Waals surface area contributed by atoms with E-state index in [1.165, 1.54) is 25.7 Å². The fourth-order valence-corrected chi connectivity index (χ4v) is 8.51. The fourth-order valence-electron chi connectivity index (χ4n) is 7.27. The lowest BCUT2D eigenvalue weighted by Crippen LogP contribution is -2.00. The third kappa shape index (κ3) is 4.50. The number of hydrogen-bond donors (Lipinski definition) is 0. The molecule has 11 aromatic rings.